The highest BCUT2D eigenvalue weighted by atomic mass is 16.1. The van der Waals surface area contributed by atoms with Crippen LogP contribution in [0.25, 0.3) is 0 Å². The van der Waals surface area contributed by atoms with Gasteiger partial charge < -0.3 is 20.0 Å². The van der Waals surface area contributed by atoms with Crippen LogP contribution < -0.4 is 15.1 Å². The van der Waals surface area contributed by atoms with Crippen LogP contribution in [0.4, 0.5) is 17.2 Å². The van der Waals surface area contributed by atoms with Gasteiger partial charge in [0, 0.05) is 56.7 Å². The maximum absolute atomic E-state index is 12.7. The Kier molecular flexibility index (Phi) is 5.43. The molecule has 2 aromatic rings. The largest absolute Gasteiger partial charge is 0.369 e. The fraction of sp³-hybridized carbons (Fsp3) is 0.476. The monoisotopic (exact) mass is 380 g/mol. The van der Waals surface area contributed by atoms with Crippen LogP contribution in [0, 0.1) is 6.92 Å². The average Bonchev–Trinajstić information content (AvgIpc) is 3.24. The number of piperazine rings is 1. The highest BCUT2D eigenvalue weighted by Crippen LogP contribution is 2.21. The Balaban J connectivity index is 1.43. The molecule has 2 saturated heterocycles. The summed E-state index contributed by atoms with van der Waals surface area (Å²) in [7, 11) is 2.15. The van der Waals surface area contributed by atoms with Crippen molar-refractivity contribution in [3.05, 3.63) is 41.9 Å². The molecule has 2 fully saturated rings. The number of aryl methyl sites for hydroxylation is 1. The molecule has 28 heavy (non-hydrogen) atoms. The van der Waals surface area contributed by atoms with E-state index >= 15 is 0 Å². The molecule has 1 aromatic heterocycles. The number of nitrogens with one attached hydrogen (secondary N) is 1. The van der Waals surface area contributed by atoms with Gasteiger partial charge in [-0.15, -0.1) is 0 Å². The molecule has 0 radical (unpaired) electrons. The van der Waals surface area contributed by atoms with Crippen LogP contribution in [0.2, 0.25) is 0 Å². The number of likely N-dealkylation sites (N-methyl/N-ethyl adjacent to an activating group) is 1. The number of hydrogen-bond donors (Lipinski definition) is 1. The van der Waals surface area contributed by atoms with Gasteiger partial charge >= 0.3 is 0 Å². The predicted molar refractivity (Wildman–Crippen MR) is 112 cm³/mol. The summed E-state index contributed by atoms with van der Waals surface area (Å²) < 4.78 is 0. The predicted octanol–water partition coefficient (Wildman–Crippen LogP) is 2.39. The topological polar surface area (TPSA) is 64.6 Å². The third kappa shape index (κ3) is 4.25. The van der Waals surface area contributed by atoms with Gasteiger partial charge in [-0.3, -0.25) is 4.79 Å². The van der Waals surface area contributed by atoms with Crippen molar-refractivity contribution < 1.29 is 4.79 Å². The van der Waals surface area contributed by atoms with E-state index in [1.54, 1.807) is 6.07 Å². The third-order valence-electron chi connectivity index (χ3n) is 5.48. The van der Waals surface area contributed by atoms with Crippen molar-refractivity contribution >= 4 is 23.1 Å². The molecule has 148 valence electrons. The molecule has 0 unspecified atom stereocenters. The summed E-state index contributed by atoms with van der Waals surface area (Å²) >= 11 is 0. The third-order valence-corrected chi connectivity index (χ3v) is 5.48. The van der Waals surface area contributed by atoms with Crippen molar-refractivity contribution in [3.8, 4) is 0 Å². The zero-order valence-electron chi connectivity index (χ0n) is 16.7. The van der Waals surface area contributed by atoms with Crippen molar-refractivity contribution in [2.45, 2.75) is 19.8 Å². The maximum Gasteiger partial charge on any atom is 0.274 e. The molecule has 0 atom stereocenters. The van der Waals surface area contributed by atoms with E-state index in [9.17, 15) is 4.79 Å². The van der Waals surface area contributed by atoms with E-state index in [1.165, 1.54) is 18.5 Å². The molecule has 0 aliphatic carbocycles. The molecule has 7 nitrogen and oxygen atoms in total. The minimum absolute atomic E-state index is 0.196. The second kappa shape index (κ2) is 8.14. The fourth-order valence-electron chi connectivity index (χ4n) is 3.79. The van der Waals surface area contributed by atoms with E-state index in [-0.39, 0.29) is 5.91 Å². The summed E-state index contributed by atoms with van der Waals surface area (Å²) in [6.45, 7) is 8.02. The van der Waals surface area contributed by atoms with Gasteiger partial charge in [0.05, 0.1) is 0 Å². The first-order valence-corrected chi connectivity index (χ1v) is 10.0. The number of hydrogen-bond acceptors (Lipinski definition) is 6. The normalized spacial score (nSPS) is 17.8. The Morgan fingerprint density at radius 3 is 2.29 bits per heavy atom. The van der Waals surface area contributed by atoms with Crippen LogP contribution in [0.3, 0.4) is 0 Å². The van der Waals surface area contributed by atoms with Gasteiger partial charge in [-0.1, -0.05) is 0 Å². The number of rotatable bonds is 4. The Hall–Kier alpha value is -2.67. The van der Waals surface area contributed by atoms with Crippen LogP contribution in [0.1, 0.15) is 29.2 Å². The summed E-state index contributed by atoms with van der Waals surface area (Å²) in [6.07, 6.45) is 2.34. The van der Waals surface area contributed by atoms with E-state index in [1.807, 2.05) is 19.1 Å². The number of carbonyl (C=O) groups excluding carboxylic acids is 1. The quantitative estimate of drug-likeness (QED) is 0.879. The van der Waals surface area contributed by atoms with Crippen molar-refractivity contribution in [2.24, 2.45) is 0 Å². The number of benzene rings is 1. The molecule has 0 spiro atoms. The minimum Gasteiger partial charge on any atom is -0.369 e. The van der Waals surface area contributed by atoms with Gasteiger partial charge in [0.1, 0.15) is 17.3 Å². The Morgan fingerprint density at radius 1 is 0.929 bits per heavy atom. The van der Waals surface area contributed by atoms with Crippen LogP contribution in [-0.2, 0) is 0 Å². The number of nitrogens with zero attached hydrogens (tertiary/aromatic N) is 5. The smallest absolute Gasteiger partial charge is 0.274 e. The van der Waals surface area contributed by atoms with Crippen molar-refractivity contribution in [1.82, 2.24) is 14.9 Å². The number of amides is 1. The second-order valence-corrected chi connectivity index (χ2v) is 7.64. The molecule has 7 heteroatoms. The summed E-state index contributed by atoms with van der Waals surface area (Å²) in [4.78, 5) is 28.5. The molecule has 1 amide bonds. The van der Waals surface area contributed by atoms with E-state index in [4.69, 9.17) is 0 Å². The number of anilines is 3. The van der Waals surface area contributed by atoms with Crippen LogP contribution in [-0.4, -0.2) is 67.1 Å². The van der Waals surface area contributed by atoms with Crippen LogP contribution in [0.5, 0.6) is 0 Å². The zero-order chi connectivity index (χ0) is 19.5. The van der Waals surface area contributed by atoms with Crippen LogP contribution in [0.15, 0.2) is 30.3 Å². The molecule has 0 saturated carbocycles. The lowest BCUT2D eigenvalue weighted by Gasteiger charge is -2.34. The highest BCUT2D eigenvalue weighted by molar-refractivity contribution is 6.03. The fourth-order valence-corrected chi connectivity index (χ4v) is 3.79. The molecule has 1 aromatic carbocycles. The molecule has 4 rings (SSSR count). The molecule has 2 aliphatic heterocycles. The molecular formula is C21H28N6O. The Labute approximate surface area is 166 Å². The first-order valence-electron chi connectivity index (χ1n) is 10.0. The molecule has 3 heterocycles. The Morgan fingerprint density at radius 2 is 1.61 bits per heavy atom. The van der Waals surface area contributed by atoms with E-state index in [0.29, 0.717) is 11.5 Å². The molecular weight excluding hydrogens is 352 g/mol. The lowest BCUT2D eigenvalue weighted by atomic mass is 10.2. The summed E-state index contributed by atoms with van der Waals surface area (Å²) in [5, 5.41) is 2.97. The minimum atomic E-state index is -0.196. The molecule has 2 aliphatic rings. The maximum atomic E-state index is 12.7. The van der Waals surface area contributed by atoms with Crippen molar-refractivity contribution in [3.63, 3.8) is 0 Å². The standard InChI is InChI=1S/C21H28N6O/c1-16-22-19(15-20(23-16)27-9-3-4-10-27)21(28)24-17-5-7-18(8-6-17)26-13-11-25(2)12-14-26/h5-8,15H,3-4,9-14H2,1-2H3,(H,24,28). The summed E-state index contributed by atoms with van der Waals surface area (Å²) in [5.41, 5.74) is 2.39. The van der Waals surface area contributed by atoms with Gasteiger partial charge in [-0.25, -0.2) is 9.97 Å². The average molecular weight is 380 g/mol. The lowest BCUT2D eigenvalue weighted by molar-refractivity contribution is 0.102. The SMILES string of the molecule is Cc1nc(C(=O)Nc2ccc(N3CCN(C)CC3)cc2)cc(N2CCCC2)n1. The summed E-state index contributed by atoms with van der Waals surface area (Å²) in [6, 6.07) is 9.86. The first kappa shape index (κ1) is 18.7. The lowest BCUT2D eigenvalue weighted by Crippen LogP contribution is -2.44. The zero-order valence-corrected chi connectivity index (χ0v) is 16.7. The van der Waals surface area contributed by atoms with Gasteiger partial charge in [0.15, 0.2) is 0 Å². The Bertz CT molecular complexity index is 823. The molecule has 0 bridgehead atoms. The van der Waals surface area contributed by atoms with E-state index in [2.05, 4.69) is 49.2 Å². The van der Waals surface area contributed by atoms with Gasteiger partial charge in [-0.05, 0) is 51.1 Å². The molecule has 1 N–H and O–H groups in total. The number of carbonyl (C=O) groups is 1. The van der Waals surface area contributed by atoms with E-state index in [0.717, 1.165) is 50.8 Å². The van der Waals surface area contributed by atoms with Crippen molar-refractivity contribution in [2.75, 3.05) is 61.4 Å². The van der Waals surface area contributed by atoms with Gasteiger partial charge in [0.2, 0.25) is 0 Å². The first-order chi connectivity index (χ1) is 13.6. The van der Waals surface area contributed by atoms with Gasteiger partial charge in [-0.2, -0.15) is 0 Å². The van der Waals surface area contributed by atoms with Crippen molar-refractivity contribution in [1.29, 1.82) is 0 Å². The van der Waals surface area contributed by atoms with Crippen LogP contribution >= 0.6 is 0 Å². The highest BCUT2D eigenvalue weighted by Gasteiger charge is 2.18. The van der Waals surface area contributed by atoms with E-state index < -0.39 is 0 Å². The summed E-state index contributed by atoms with van der Waals surface area (Å²) in [5.74, 6) is 1.28. The van der Waals surface area contributed by atoms with Gasteiger partial charge in [0.25, 0.3) is 5.91 Å². The number of aromatic nitrogens is 2. The second-order valence-electron chi connectivity index (χ2n) is 7.64.